The fraction of sp³-hybridized carbons (Fsp3) is 0.579. The normalized spacial score (nSPS) is 12.2. The summed E-state index contributed by atoms with van der Waals surface area (Å²) in [4.78, 5) is 25.4. The van der Waals surface area contributed by atoms with Crippen LogP contribution in [0.4, 0.5) is 0 Å². The summed E-state index contributed by atoms with van der Waals surface area (Å²) in [5, 5.41) is 11.4. The van der Waals surface area contributed by atoms with Crippen molar-refractivity contribution in [3.63, 3.8) is 0 Å². The van der Waals surface area contributed by atoms with Gasteiger partial charge in [-0.1, -0.05) is 20.8 Å². The topological polar surface area (TPSA) is 85.0 Å². The molecule has 0 saturated heterocycles. The number of carbonyl (C=O) groups is 2. The molecule has 0 aromatic carbocycles. The first-order valence-electron chi connectivity index (χ1n) is 9.27. The lowest BCUT2D eigenvalue weighted by atomic mass is 10.0. The highest BCUT2D eigenvalue weighted by Gasteiger charge is 2.12. The number of rotatable bonds is 9. The van der Waals surface area contributed by atoms with Crippen molar-refractivity contribution in [2.24, 2.45) is 0 Å². The molecule has 0 aliphatic heterocycles. The molecule has 2 aromatic rings. The van der Waals surface area contributed by atoms with Crippen molar-refractivity contribution in [3.05, 3.63) is 35.9 Å². The van der Waals surface area contributed by atoms with Gasteiger partial charge in [-0.2, -0.15) is 10.2 Å². The van der Waals surface area contributed by atoms with Gasteiger partial charge < -0.3 is 10.2 Å². The summed E-state index contributed by atoms with van der Waals surface area (Å²) < 4.78 is 3.32. The van der Waals surface area contributed by atoms with Crippen LogP contribution in [-0.4, -0.2) is 56.9 Å². The smallest absolute Gasteiger partial charge is 0.243 e. The molecule has 1 unspecified atom stereocenters. The summed E-state index contributed by atoms with van der Waals surface area (Å²) in [6, 6.07) is 0. The molecule has 0 aliphatic rings. The zero-order valence-corrected chi connectivity index (χ0v) is 16.8. The SMILES string of the molecule is CC(C)c1cnn(CC(=O)NCCC(C)c2cnn(CC(=O)N(C)C)c2)c1. The second-order valence-electron chi connectivity index (χ2n) is 7.43. The van der Waals surface area contributed by atoms with E-state index in [1.165, 1.54) is 0 Å². The molecule has 0 aliphatic carbocycles. The first-order chi connectivity index (χ1) is 12.8. The Morgan fingerprint density at radius 3 is 2.22 bits per heavy atom. The lowest BCUT2D eigenvalue weighted by Gasteiger charge is -2.11. The van der Waals surface area contributed by atoms with Gasteiger partial charge in [0.25, 0.3) is 0 Å². The van der Waals surface area contributed by atoms with Crippen LogP contribution in [0.1, 0.15) is 50.2 Å². The van der Waals surface area contributed by atoms with Gasteiger partial charge in [-0.15, -0.1) is 0 Å². The zero-order valence-electron chi connectivity index (χ0n) is 16.8. The summed E-state index contributed by atoms with van der Waals surface area (Å²) in [7, 11) is 3.45. The molecule has 27 heavy (non-hydrogen) atoms. The molecule has 8 nitrogen and oxygen atoms in total. The highest BCUT2D eigenvalue weighted by molar-refractivity contribution is 5.75. The van der Waals surface area contributed by atoms with E-state index >= 15 is 0 Å². The molecule has 0 saturated carbocycles. The fourth-order valence-corrected chi connectivity index (χ4v) is 2.56. The standard InChI is InChI=1S/C19H30N6O2/c1-14(2)16-8-21-24(10-16)12-18(26)20-7-6-15(3)17-9-22-25(11-17)13-19(27)23(4)5/h8-11,14-15H,6-7,12-13H2,1-5H3,(H,20,26). The quantitative estimate of drug-likeness (QED) is 0.722. The van der Waals surface area contributed by atoms with Crippen LogP contribution in [0.25, 0.3) is 0 Å². The molecule has 0 fully saturated rings. The van der Waals surface area contributed by atoms with Crippen molar-refractivity contribution in [2.75, 3.05) is 20.6 Å². The monoisotopic (exact) mass is 374 g/mol. The Morgan fingerprint density at radius 1 is 1.04 bits per heavy atom. The maximum atomic E-state index is 12.1. The van der Waals surface area contributed by atoms with E-state index in [0.29, 0.717) is 12.5 Å². The van der Waals surface area contributed by atoms with Gasteiger partial charge in [-0.05, 0) is 29.4 Å². The number of nitrogens with zero attached hydrogens (tertiary/aromatic N) is 5. The average molecular weight is 374 g/mol. The summed E-state index contributed by atoms with van der Waals surface area (Å²) in [5.74, 6) is 0.596. The van der Waals surface area contributed by atoms with Crippen LogP contribution in [-0.2, 0) is 22.7 Å². The van der Waals surface area contributed by atoms with Crippen LogP contribution in [0, 0.1) is 0 Å². The molecule has 2 aromatic heterocycles. The molecule has 8 heteroatoms. The summed E-state index contributed by atoms with van der Waals surface area (Å²) in [6.07, 6.45) is 8.20. The largest absolute Gasteiger partial charge is 0.354 e. The van der Waals surface area contributed by atoms with E-state index in [-0.39, 0.29) is 30.8 Å². The third kappa shape index (κ3) is 6.23. The van der Waals surface area contributed by atoms with Crippen LogP contribution < -0.4 is 5.32 Å². The van der Waals surface area contributed by atoms with Crippen LogP contribution >= 0.6 is 0 Å². The molecule has 148 valence electrons. The van der Waals surface area contributed by atoms with Crippen molar-refractivity contribution in [1.82, 2.24) is 29.8 Å². The number of aromatic nitrogens is 4. The van der Waals surface area contributed by atoms with E-state index < -0.39 is 0 Å². The van der Waals surface area contributed by atoms with Crippen molar-refractivity contribution in [2.45, 2.75) is 52.1 Å². The van der Waals surface area contributed by atoms with Crippen molar-refractivity contribution < 1.29 is 9.59 Å². The Labute approximate surface area is 160 Å². The Bertz CT molecular complexity index is 762. The van der Waals surface area contributed by atoms with Crippen LogP contribution in [0.3, 0.4) is 0 Å². The lowest BCUT2D eigenvalue weighted by Crippen LogP contribution is -2.29. The van der Waals surface area contributed by atoms with Crippen LogP contribution in [0.5, 0.6) is 0 Å². The number of hydrogen-bond donors (Lipinski definition) is 1. The molecular weight excluding hydrogens is 344 g/mol. The van der Waals surface area contributed by atoms with E-state index in [1.807, 2.05) is 12.4 Å². The maximum Gasteiger partial charge on any atom is 0.243 e. The number of amides is 2. The van der Waals surface area contributed by atoms with E-state index in [0.717, 1.165) is 17.5 Å². The van der Waals surface area contributed by atoms with E-state index in [4.69, 9.17) is 0 Å². The molecular formula is C19H30N6O2. The average Bonchev–Trinajstić information content (AvgIpc) is 3.24. The molecule has 0 radical (unpaired) electrons. The van der Waals surface area contributed by atoms with Crippen LogP contribution in [0.2, 0.25) is 0 Å². The molecule has 2 heterocycles. The molecule has 2 rings (SSSR count). The molecule has 1 atom stereocenters. The Hall–Kier alpha value is -2.64. The van der Waals surface area contributed by atoms with Gasteiger partial charge in [0.1, 0.15) is 13.1 Å². The molecule has 1 N–H and O–H groups in total. The van der Waals surface area contributed by atoms with Gasteiger partial charge in [-0.3, -0.25) is 19.0 Å². The van der Waals surface area contributed by atoms with E-state index in [9.17, 15) is 9.59 Å². The lowest BCUT2D eigenvalue weighted by molar-refractivity contribution is -0.129. The molecule has 2 amide bonds. The number of nitrogens with one attached hydrogen (secondary N) is 1. The number of likely N-dealkylation sites (N-methyl/N-ethyl adjacent to an activating group) is 1. The van der Waals surface area contributed by atoms with Gasteiger partial charge in [0, 0.05) is 33.0 Å². The first-order valence-corrected chi connectivity index (χ1v) is 9.27. The second kappa shape index (κ2) is 9.34. The maximum absolute atomic E-state index is 12.1. The minimum absolute atomic E-state index is 0.00353. The summed E-state index contributed by atoms with van der Waals surface area (Å²) in [5.41, 5.74) is 2.19. The van der Waals surface area contributed by atoms with Gasteiger partial charge in [-0.25, -0.2) is 0 Å². The van der Waals surface area contributed by atoms with Gasteiger partial charge in [0.15, 0.2) is 0 Å². The third-order valence-corrected chi connectivity index (χ3v) is 4.54. The Kier molecular flexibility index (Phi) is 7.15. The highest BCUT2D eigenvalue weighted by Crippen LogP contribution is 2.17. The minimum atomic E-state index is -0.0483. The Balaban J connectivity index is 1.75. The fourth-order valence-electron chi connectivity index (χ4n) is 2.56. The van der Waals surface area contributed by atoms with Gasteiger partial charge in [0.05, 0.1) is 12.4 Å². The summed E-state index contributed by atoms with van der Waals surface area (Å²) in [6.45, 7) is 7.33. The van der Waals surface area contributed by atoms with Crippen LogP contribution in [0.15, 0.2) is 24.8 Å². The Morgan fingerprint density at radius 2 is 1.63 bits per heavy atom. The third-order valence-electron chi connectivity index (χ3n) is 4.54. The van der Waals surface area contributed by atoms with Gasteiger partial charge >= 0.3 is 0 Å². The predicted molar refractivity (Wildman–Crippen MR) is 103 cm³/mol. The van der Waals surface area contributed by atoms with Crippen molar-refractivity contribution in [3.8, 4) is 0 Å². The number of hydrogen-bond acceptors (Lipinski definition) is 4. The number of carbonyl (C=O) groups excluding carboxylic acids is 2. The van der Waals surface area contributed by atoms with Gasteiger partial charge in [0.2, 0.25) is 11.8 Å². The molecule has 0 spiro atoms. The second-order valence-corrected chi connectivity index (χ2v) is 7.43. The highest BCUT2D eigenvalue weighted by atomic mass is 16.2. The first kappa shape index (κ1) is 20.7. The summed E-state index contributed by atoms with van der Waals surface area (Å²) >= 11 is 0. The van der Waals surface area contributed by atoms with Crippen molar-refractivity contribution >= 4 is 11.8 Å². The van der Waals surface area contributed by atoms with E-state index in [1.54, 1.807) is 40.8 Å². The predicted octanol–water partition coefficient (Wildman–Crippen LogP) is 1.60. The zero-order chi connectivity index (χ0) is 20.0. The minimum Gasteiger partial charge on any atom is -0.354 e. The molecule has 0 bridgehead atoms. The van der Waals surface area contributed by atoms with E-state index in [2.05, 4.69) is 36.3 Å². The van der Waals surface area contributed by atoms with Crippen molar-refractivity contribution in [1.29, 1.82) is 0 Å².